The van der Waals surface area contributed by atoms with E-state index in [9.17, 15) is 4.79 Å². The number of H-pyrrole nitrogens is 1. The highest BCUT2D eigenvalue weighted by Crippen LogP contribution is 2.31. The summed E-state index contributed by atoms with van der Waals surface area (Å²) in [5.74, 6) is 0.166. The molecule has 112 valence electrons. The molecule has 1 saturated heterocycles. The van der Waals surface area contributed by atoms with Gasteiger partial charge < -0.3 is 4.90 Å². The lowest BCUT2D eigenvalue weighted by Gasteiger charge is -2.35. The average molecular weight is 304 g/mol. The minimum Gasteiger partial charge on any atom is -0.334 e. The minimum absolute atomic E-state index is 0.133. The molecular weight excluding hydrogens is 284 g/mol. The molecule has 0 saturated carbocycles. The monoisotopic (exact) mass is 304 g/mol. The first-order valence-corrected chi connectivity index (χ1v) is 8.23. The van der Waals surface area contributed by atoms with Crippen molar-refractivity contribution in [3.05, 3.63) is 33.5 Å². The molecule has 0 radical (unpaired) electrons. The van der Waals surface area contributed by atoms with Crippen LogP contribution in [0.1, 0.15) is 47.3 Å². The second-order valence-corrected chi connectivity index (χ2v) is 6.66. The summed E-state index contributed by atoms with van der Waals surface area (Å²) in [6, 6.07) is 0.133. The molecule has 1 N–H and O–H groups in total. The van der Waals surface area contributed by atoms with Gasteiger partial charge in [0.05, 0.1) is 35.1 Å². The predicted molar refractivity (Wildman–Crippen MR) is 82.2 cm³/mol. The topological polar surface area (TPSA) is 61.9 Å². The van der Waals surface area contributed by atoms with Crippen LogP contribution in [0.2, 0.25) is 0 Å². The Bertz CT molecular complexity index is 633. The molecule has 1 unspecified atom stereocenters. The number of likely N-dealkylation sites (tertiary alicyclic amines) is 1. The summed E-state index contributed by atoms with van der Waals surface area (Å²) in [5.41, 5.74) is 3.09. The Kier molecular flexibility index (Phi) is 4.05. The van der Waals surface area contributed by atoms with Gasteiger partial charge in [0.25, 0.3) is 0 Å². The summed E-state index contributed by atoms with van der Waals surface area (Å²) in [7, 11) is 0. The van der Waals surface area contributed by atoms with E-state index in [1.807, 2.05) is 30.3 Å². The summed E-state index contributed by atoms with van der Waals surface area (Å²) < 4.78 is 0. The Hall–Kier alpha value is -1.69. The predicted octanol–water partition coefficient (Wildman–Crippen LogP) is 2.78. The van der Waals surface area contributed by atoms with E-state index >= 15 is 0 Å². The van der Waals surface area contributed by atoms with Crippen LogP contribution in [0.3, 0.4) is 0 Å². The Morgan fingerprint density at radius 2 is 2.33 bits per heavy atom. The van der Waals surface area contributed by atoms with Crippen molar-refractivity contribution in [1.82, 2.24) is 20.1 Å². The van der Waals surface area contributed by atoms with Gasteiger partial charge in [0.2, 0.25) is 5.91 Å². The Morgan fingerprint density at radius 3 is 3.00 bits per heavy atom. The number of nitrogens with zero attached hydrogens (tertiary/aromatic N) is 3. The first-order chi connectivity index (χ1) is 10.1. The van der Waals surface area contributed by atoms with Gasteiger partial charge in [0.1, 0.15) is 0 Å². The Balaban J connectivity index is 1.77. The van der Waals surface area contributed by atoms with E-state index < -0.39 is 0 Å². The second kappa shape index (κ2) is 5.97. The maximum absolute atomic E-state index is 12.6. The van der Waals surface area contributed by atoms with Crippen LogP contribution in [0.5, 0.6) is 0 Å². The Morgan fingerprint density at radius 1 is 1.48 bits per heavy atom. The van der Waals surface area contributed by atoms with Crippen molar-refractivity contribution < 1.29 is 4.79 Å². The van der Waals surface area contributed by atoms with Gasteiger partial charge in [0, 0.05) is 11.9 Å². The number of rotatable bonds is 3. The molecule has 0 aromatic carbocycles. The van der Waals surface area contributed by atoms with Crippen LogP contribution in [-0.2, 0) is 11.2 Å². The third kappa shape index (κ3) is 3.00. The Labute approximate surface area is 128 Å². The molecule has 21 heavy (non-hydrogen) atoms. The third-order valence-electron chi connectivity index (χ3n) is 4.02. The largest absolute Gasteiger partial charge is 0.334 e. The van der Waals surface area contributed by atoms with Crippen molar-refractivity contribution >= 4 is 17.2 Å². The maximum Gasteiger partial charge on any atom is 0.229 e. The number of hydrogen-bond donors (Lipinski definition) is 1. The molecule has 2 aromatic heterocycles. The molecule has 1 fully saturated rings. The number of thiazole rings is 1. The number of aromatic nitrogens is 3. The van der Waals surface area contributed by atoms with Gasteiger partial charge in [-0.25, -0.2) is 4.98 Å². The lowest BCUT2D eigenvalue weighted by atomic mass is 9.97. The summed E-state index contributed by atoms with van der Waals surface area (Å²) in [6.07, 6.45) is 5.46. The van der Waals surface area contributed by atoms with Crippen LogP contribution in [0.4, 0.5) is 0 Å². The smallest absolute Gasteiger partial charge is 0.229 e. The third-order valence-corrected chi connectivity index (χ3v) is 4.85. The van der Waals surface area contributed by atoms with Crippen molar-refractivity contribution in [2.45, 2.75) is 45.6 Å². The highest BCUT2D eigenvalue weighted by Gasteiger charge is 2.30. The van der Waals surface area contributed by atoms with E-state index in [1.165, 1.54) is 0 Å². The highest BCUT2D eigenvalue weighted by molar-refractivity contribution is 7.09. The molecule has 1 atom stereocenters. The van der Waals surface area contributed by atoms with Crippen molar-refractivity contribution in [2.75, 3.05) is 6.54 Å². The van der Waals surface area contributed by atoms with E-state index in [1.54, 1.807) is 11.3 Å². The van der Waals surface area contributed by atoms with Crippen LogP contribution < -0.4 is 0 Å². The van der Waals surface area contributed by atoms with E-state index in [0.29, 0.717) is 6.42 Å². The van der Waals surface area contributed by atoms with E-state index in [0.717, 1.165) is 47.8 Å². The van der Waals surface area contributed by atoms with Gasteiger partial charge in [-0.3, -0.25) is 9.89 Å². The summed E-state index contributed by atoms with van der Waals surface area (Å²) >= 11 is 1.60. The zero-order chi connectivity index (χ0) is 14.8. The molecule has 5 nitrogen and oxygen atoms in total. The number of nitrogens with one attached hydrogen (secondary N) is 1. The molecule has 1 aliphatic rings. The second-order valence-electron chi connectivity index (χ2n) is 5.60. The molecule has 0 aliphatic carbocycles. The number of carbonyl (C=O) groups excluding carboxylic acids is 1. The van der Waals surface area contributed by atoms with Gasteiger partial charge in [-0.05, 0) is 38.7 Å². The van der Waals surface area contributed by atoms with Crippen LogP contribution in [-0.4, -0.2) is 32.5 Å². The first-order valence-electron chi connectivity index (χ1n) is 7.35. The van der Waals surface area contributed by atoms with Crippen molar-refractivity contribution in [3.8, 4) is 0 Å². The zero-order valence-corrected chi connectivity index (χ0v) is 13.2. The zero-order valence-electron chi connectivity index (χ0n) is 12.4. The molecular formula is C15H20N4OS. The average Bonchev–Trinajstić information content (AvgIpc) is 3.07. The minimum atomic E-state index is 0.133. The quantitative estimate of drug-likeness (QED) is 0.948. The number of amides is 1. The molecule has 3 rings (SSSR count). The van der Waals surface area contributed by atoms with Gasteiger partial charge in [-0.1, -0.05) is 0 Å². The molecule has 1 amide bonds. The van der Waals surface area contributed by atoms with Gasteiger partial charge in [-0.2, -0.15) is 5.10 Å². The number of hydrogen-bond acceptors (Lipinski definition) is 4. The van der Waals surface area contributed by atoms with Gasteiger partial charge >= 0.3 is 0 Å². The van der Waals surface area contributed by atoms with Crippen molar-refractivity contribution in [1.29, 1.82) is 0 Å². The van der Waals surface area contributed by atoms with Gasteiger partial charge in [-0.15, -0.1) is 11.3 Å². The van der Waals surface area contributed by atoms with Crippen molar-refractivity contribution in [2.24, 2.45) is 0 Å². The fourth-order valence-electron chi connectivity index (χ4n) is 2.97. The van der Waals surface area contributed by atoms with Gasteiger partial charge in [0.15, 0.2) is 0 Å². The molecule has 0 spiro atoms. The van der Waals surface area contributed by atoms with E-state index in [4.69, 9.17) is 0 Å². The molecule has 0 bridgehead atoms. The number of carbonyl (C=O) groups is 1. The lowest BCUT2D eigenvalue weighted by molar-refractivity contribution is -0.134. The van der Waals surface area contributed by atoms with Crippen LogP contribution in [0, 0.1) is 13.8 Å². The van der Waals surface area contributed by atoms with Crippen LogP contribution in [0.15, 0.2) is 11.6 Å². The number of piperidine rings is 1. The SMILES string of the molecule is Cc1nc(CC(=O)N2CCCCC2c2[nH]ncc2C)cs1. The molecule has 2 aromatic rings. The maximum atomic E-state index is 12.6. The van der Waals surface area contributed by atoms with Crippen molar-refractivity contribution in [3.63, 3.8) is 0 Å². The molecule has 1 aliphatic heterocycles. The molecule has 6 heteroatoms. The fourth-order valence-corrected chi connectivity index (χ4v) is 3.58. The lowest BCUT2D eigenvalue weighted by Crippen LogP contribution is -2.39. The first kappa shape index (κ1) is 14.3. The van der Waals surface area contributed by atoms with Crippen LogP contribution >= 0.6 is 11.3 Å². The molecule has 3 heterocycles. The fraction of sp³-hybridized carbons (Fsp3) is 0.533. The van der Waals surface area contributed by atoms with E-state index in [2.05, 4.69) is 15.2 Å². The summed E-state index contributed by atoms with van der Waals surface area (Å²) in [5, 5.41) is 10.2. The highest BCUT2D eigenvalue weighted by atomic mass is 32.1. The summed E-state index contributed by atoms with van der Waals surface area (Å²) in [6.45, 7) is 4.83. The number of aromatic amines is 1. The number of aryl methyl sites for hydroxylation is 2. The summed E-state index contributed by atoms with van der Waals surface area (Å²) in [4.78, 5) is 19.1. The van der Waals surface area contributed by atoms with Crippen LogP contribution in [0.25, 0.3) is 0 Å². The van der Waals surface area contributed by atoms with E-state index in [-0.39, 0.29) is 11.9 Å². The normalized spacial score (nSPS) is 19.0. The standard InChI is InChI=1S/C15H20N4OS/c1-10-8-16-18-15(10)13-5-3-4-6-19(13)14(20)7-12-9-21-11(2)17-12/h8-9,13H,3-7H2,1-2H3,(H,16,18).